The average molecular weight is 416 g/mol. The van der Waals surface area contributed by atoms with E-state index >= 15 is 0 Å². The number of para-hydroxylation sites is 1. The normalized spacial score (nSPS) is 18.2. The molecule has 3 aromatic rings. The van der Waals surface area contributed by atoms with Gasteiger partial charge in [-0.1, -0.05) is 23.7 Å². The number of methoxy groups -OCH3 is 1. The Kier molecular flexibility index (Phi) is 6.51. The van der Waals surface area contributed by atoms with Crippen molar-refractivity contribution in [3.05, 3.63) is 69.2 Å². The summed E-state index contributed by atoms with van der Waals surface area (Å²) in [5.74, 6) is 0.0127. The van der Waals surface area contributed by atoms with E-state index in [0.29, 0.717) is 10.5 Å². The van der Waals surface area contributed by atoms with Gasteiger partial charge in [0.1, 0.15) is 11.4 Å². The van der Waals surface area contributed by atoms with Crippen LogP contribution in [0.1, 0.15) is 42.1 Å². The van der Waals surface area contributed by atoms with E-state index in [0.717, 1.165) is 24.3 Å². The zero-order chi connectivity index (χ0) is 21.0. The molecule has 8 heteroatoms. The van der Waals surface area contributed by atoms with Gasteiger partial charge in [-0.3, -0.25) is 14.6 Å². The standard InChI is InChI=1S/C14H15N3O3.C7H7ClO/c1-7-2-3-11(20-7)9-6-10(18)12-8(17-9)4-5-16-13(12)14(15)19;1-9-7-5-3-2-4-6(7)8/h4-7,11H,2-3H2,1H3,(H2,15,19)(H,17,18);2-5H,1H3. The highest BCUT2D eigenvalue weighted by Crippen LogP contribution is 2.31. The number of carbonyl (C=O) groups excluding carboxylic acids is 1. The fourth-order valence-electron chi connectivity index (χ4n) is 3.22. The maximum Gasteiger partial charge on any atom is 0.268 e. The third kappa shape index (κ3) is 4.75. The quantitative estimate of drug-likeness (QED) is 0.679. The second-order valence-corrected chi connectivity index (χ2v) is 7.09. The van der Waals surface area contributed by atoms with Crippen molar-refractivity contribution in [2.24, 2.45) is 5.73 Å². The largest absolute Gasteiger partial charge is 0.495 e. The first-order valence-corrected chi connectivity index (χ1v) is 9.54. The van der Waals surface area contributed by atoms with Crippen LogP contribution < -0.4 is 15.9 Å². The third-order valence-electron chi connectivity index (χ3n) is 4.63. The molecule has 152 valence electrons. The molecule has 2 atom stereocenters. The fraction of sp³-hybridized carbons (Fsp3) is 0.286. The van der Waals surface area contributed by atoms with Crippen LogP contribution in [0.25, 0.3) is 10.9 Å². The molecule has 3 heterocycles. The number of H-pyrrole nitrogens is 1. The third-order valence-corrected chi connectivity index (χ3v) is 4.94. The van der Waals surface area contributed by atoms with Gasteiger partial charge in [0.25, 0.3) is 5.91 Å². The van der Waals surface area contributed by atoms with Gasteiger partial charge >= 0.3 is 0 Å². The lowest BCUT2D eigenvalue weighted by Gasteiger charge is -2.12. The number of nitrogens with two attached hydrogens (primary N) is 1. The Balaban J connectivity index is 0.000000224. The second-order valence-electron chi connectivity index (χ2n) is 6.68. The molecule has 1 aromatic carbocycles. The van der Waals surface area contributed by atoms with Crippen molar-refractivity contribution >= 4 is 28.4 Å². The Morgan fingerprint density at radius 1 is 1.31 bits per heavy atom. The van der Waals surface area contributed by atoms with E-state index < -0.39 is 5.91 Å². The highest BCUT2D eigenvalue weighted by Gasteiger charge is 2.25. The van der Waals surface area contributed by atoms with E-state index in [4.69, 9.17) is 26.8 Å². The molecular formula is C21H22ClN3O4. The van der Waals surface area contributed by atoms with Gasteiger partial charge in [0, 0.05) is 18.0 Å². The number of aromatic amines is 1. The number of aromatic nitrogens is 2. The summed E-state index contributed by atoms with van der Waals surface area (Å²) >= 11 is 5.70. The van der Waals surface area contributed by atoms with Gasteiger partial charge in [0.05, 0.1) is 35.2 Å². The summed E-state index contributed by atoms with van der Waals surface area (Å²) in [6.07, 6.45) is 3.38. The first-order valence-electron chi connectivity index (χ1n) is 9.16. The van der Waals surface area contributed by atoms with Crippen molar-refractivity contribution in [3.8, 4) is 5.75 Å². The molecule has 1 amide bonds. The number of benzene rings is 1. The molecule has 1 fully saturated rings. The van der Waals surface area contributed by atoms with Gasteiger partial charge in [0.15, 0.2) is 5.43 Å². The van der Waals surface area contributed by atoms with Crippen molar-refractivity contribution < 1.29 is 14.3 Å². The minimum Gasteiger partial charge on any atom is -0.495 e. The Bertz CT molecular complexity index is 1080. The first kappa shape index (κ1) is 20.8. The molecule has 3 N–H and O–H groups in total. The minimum atomic E-state index is -0.709. The summed E-state index contributed by atoms with van der Waals surface area (Å²) in [6, 6.07) is 10.5. The molecular weight excluding hydrogens is 394 g/mol. The van der Waals surface area contributed by atoms with Crippen LogP contribution in [0.2, 0.25) is 5.02 Å². The summed E-state index contributed by atoms with van der Waals surface area (Å²) in [5, 5.41) is 0.884. The number of ether oxygens (including phenoxy) is 2. The Hall–Kier alpha value is -2.90. The zero-order valence-corrected chi connectivity index (χ0v) is 16.9. The van der Waals surface area contributed by atoms with Gasteiger partial charge < -0.3 is 20.2 Å². The van der Waals surface area contributed by atoms with Crippen molar-refractivity contribution in [1.82, 2.24) is 9.97 Å². The number of nitrogens with one attached hydrogen (secondary N) is 1. The number of hydrogen-bond donors (Lipinski definition) is 2. The van der Waals surface area contributed by atoms with Crippen LogP contribution in [0.4, 0.5) is 0 Å². The lowest BCUT2D eigenvalue weighted by Crippen LogP contribution is -2.18. The van der Waals surface area contributed by atoms with Crippen molar-refractivity contribution in [3.63, 3.8) is 0 Å². The van der Waals surface area contributed by atoms with Crippen LogP contribution in [-0.2, 0) is 4.74 Å². The summed E-state index contributed by atoms with van der Waals surface area (Å²) in [4.78, 5) is 30.6. The molecule has 0 radical (unpaired) electrons. The Morgan fingerprint density at radius 3 is 2.66 bits per heavy atom. The summed E-state index contributed by atoms with van der Waals surface area (Å²) < 4.78 is 10.7. The average Bonchev–Trinajstić information content (AvgIpc) is 3.14. The molecule has 7 nitrogen and oxygen atoms in total. The highest BCUT2D eigenvalue weighted by atomic mass is 35.5. The SMILES string of the molecule is CC1CCC(c2cc(=O)c3c(C(N)=O)nccc3[nH]2)O1.COc1ccccc1Cl. The Morgan fingerprint density at radius 2 is 2.07 bits per heavy atom. The lowest BCUT2D eigenvalue weighted by molar-refractivity contribution is 0.0532. The van der Waals surface area contributed by atoms with Crippen molar-refractivity contribution in [2.45, 2.75) is 32.0 Å². The van der Waals surface area contributed by atoms with Gasteiger partial charge in [-0.15, -0.1) is 0 Å². The van der Waals surface area contributed by atoms with E-state index in [1.807, 2.05) is 25.1 Å². The van der Waals surface area contributed by atoms with E-state index in [-0.39, 0.29) is 28.7 Å². The molecule has 2 aromatic heterocycles. The zero-order valence-electron chi connectivity index (χ0n) is 16.1. The van der Waals surface area contributed by atoms with Crippen LogP contribution in [0.15, 0.2) is 47.4 Å². The number of nitrogens with zero attached hydrogens (tertiary/aromatic N) is 1. The maximum atomic E-state index is 12.2. The van der Waals surface area contributed by atoms with Crippen LogP contribution in [0, 0.1) is 0 Å². The first-order chi connectivity index (χ1) is 13.9. The number of carbonyl (C=O) groups is 1. The van der Waals surface area contributed by atoms with Crippen LogP contribution in [-0.4, -0.2) is 29.1 Å². The number of rotatable bonds is 3. The van der Waals surface area contributed by atoms with Gasteiger partial charge in [-0.05, 0) is 38.0 Å². The molecule has 0 bridgehead atoms. The minimum absolute atomic E-state index is 0.00370. The van der Waals surface area contributed by atoms with E-state index in [9.17, 15) is 9.59 Å². The van der Waals surface area contributed by atoms with Crippen molar-refractivity contribution in [2.75, 3.05) is 7.11 Å². The molecule has 29 heavy (non-hydrogen) atoms. The highest BCUT2D eigenvalue weighted by molar-refractivity contribution is 6.32. The lowest BCUT2D eigenvalue weighted by atomic mass is 10.1. The Labute approximate surface area is 172 Å². The molecule has 0 aliphatic carbocycles. The topological polar surface area (TPSA) is 107 Å². The predicted octanol–water partition coefficient (Wildman–Crippen LogP) is 3.61. The number of pyridine rings is 2. The molecule has 1 aliphatic heterocycles. The number of hydrogen-bond acceptors (Lipinski definition) is 5. The molecule has 0 spiro atoms. The predicted molar refractivity (Wildman–Crippen MR) is 111 cm³/mol. The van der Waals surface area contributed by atoms with Crippen molar-refractivity contribution in [1.29, 1.82) is 0 Å². The molecule has 1 saturated heterocycles. The van der Waals surface area contributed by atoms with Crippen LogP contribution >= 0.6 is 11.6 Å². The second kappa shape index (κ2) is 9.07. The summed E-state index contributed by atoms with van der Waals surface area (Å²) in [7, 11) is 1.60. The van der Waals surface area contributed by atoms with Gasteiger partial charge in [-0.25, -0.2) is 0 Å². The van der Waals surface area contributed by atoms with Crippen LogP contribution in [0.3, 0.4) is 0 Å². The number of fused-ring (bicyclic) bond motifs is 1. The maximum absolute atomic E-state index is 12.2. The molecule has 0 saturated carbocycles. The molecule has 4 rings (SSSR count). The van der Waals surface area contributed by atoms with Crippen LogP contribution in [0.5, 0.6) is 5.75 Å². The summed E-state index contributed by atoms with van der Waals surface area (Å²) in [5.41, 5.74) is 6.26. The fourth-order valence-corrected chi connectivity index (χ4v) is 3.44. The van der Waals surface area contributed by atoms with Gasteiger partial charge in [0.2, 0.25) is 0 Å². The monoisotopic (exact) mass is 415 g/mol. The molecule has 2 unspecified atom stereocenters. The van der Waals surface area contributed by atoms with E-state index in [1.165, 1.54) is 12.3 Å². The number of amides is 1. The summed E-state index contributed by atoms with van der Waals surface area (Å²) in [6.45, 7) is 2.01. The molecule has 1 aliphatic rings. The van der Waals surface area contributed by atoms with E-state index in [2.05, 4.69) is 9.97 Å². The van der Waals surface area contributed by atoms with Gasteiger partial charge in [-0.2, -0.15) is 0 Å². The number of primary amides is 1. The number of halogens is 1. The smallest absolute Gasteiger partial charge is 0.268 e. The van der Waals surface area contributed by atoms with E-state index in [1.54, 1.807) is 19.2 Å².